The summed E-state index contributed by atoms with van der Waals surface area (Å²) in [5.41, 5.74) is 1.27. The number of alkyl halides is 1. The molecule has 88 valence electrons. The van der Waals surface area contributed by atoms with Crippen molar-refractivity contribution >= 4 is 33.5 Å². The summed E-state index contributed by atoms with van der Waals surface area (Å²) in [6.07, 6.45) is 0.274. The highest BCUT2D eigenvalue weighted by Gasteiger charge is 2.16. The van der Waals surface area contributed by atoms with Gasteiger partial charge >= 0.3 is 5.97 Å². The van der Waals surface area contributed by atoms with Crippen LogP contribution in [0.2, 0.25) is 5.02 Å². The fraction of sp³-hybridized carbons (Fsp3) is 0.364. The quantitative estimate of drug-likeness (QED) is 0.822. The molecule has 1 unspecified atom stereocenters. The molecule has 0 amide bonds. The van der Waals surface area contributed by atoms with Crippen molar-refractivity contribution < 1.29 is 15.0 Å². The van der Waals surface area contributed by atoms with Crippen molar-refractivity contribution in [3.8, 4) is 0 Å². The Balaban J connectivity index is 2.86. The Morgan fingerprint density at radius 3 is 2.69 bits per heavy atom. The van der Waals surface area contributed by atoms with Crippen molar-refractivity contribution in [3.63, 3.8) is 0 Å². The molecule has 1 atom stereocenters. The molecule has 0 aromatic heterocycles. The molecule has 1 aromatic carbocycles. The number of benzene rings is 1. The van der Waals surface area contributed by atoms with Gasteiger partial charge in [-0.1, -0.05) is 39.7 Å². The van der Waals surface area contributed by atoms with Gasteiger partial charge in [0.15, 0.2) is 6.10 Å². The molecule has 16 heavy (non-hydrogen) atoms. The normalized spacial score (nSPS) is 12.4. The SMILES string of the molecule is O=C(O)C(O)c1ccc(CCCBr)c(Cl)c1. The largest absolute Gasteiger partial charge is 0.479 e. The Morgan fingerprint density at radius 2 is 2.19 bits per heavy atom. The van der Waals surface area contributed by atoms with Crippen molar-refractivity contribution in [2.75, 3.05) is 5.33 Å². The minimum atomic E-state index is -1.51. The maximum atomic E-state index is 10.6. The summed E-state index contributed by atoms with van der Waals surface area (Å²) in [4.78, 5) is 10.6. The molecule has 0 fully saturated rings. The highest BCUT2D eigenvalue weighted by atomic mass is 79.9. The topological polar surface area (TPSA) is 57.5 Å². The summed E-state index contributed by atoms with van der Waals surface area (Å²) in [5.74, 6) is -1.27. The highest BCUT2D eigenvalue weighted by molar-refractivity contribution is 9.09. The summed E-state index contributed by atoms with van der Waals surface area (Å²) in [7, 11) is 0. The maximum absolute atomic E-state index is 10.6. The van der Waals surface area contributed by atoms with Crippen LogP contribution in [0.1, 0.15) is 23.7 Å². The molecule has 5 heteroatoms. The Hall–Kier alpha value is -0.580. The fourth-order valence-electron chi connectivity index (χ4n) is 1.34. The predicted molar refractivity (Wildman–Crippen MR) is 66.2 cm³/mol. The molecule has 0 bridgehead atoms. The van der Waals surface area contributed by atoms with E-state index >= 15 is 0 Å². The van der Waals surface area contributed by atoms with Gasteiger partial charge < -0.3 is 10.2 Å². The van der Waals surface area contributed by atoms with Crippen molar-refractivity contribution in [2.45, 2.75) is 18.9 Å². The van der Waals surface area contributed by atoms with Crippen molar-refractivity contribution in [1.29, 1.82) is 0 Å². The summed E-state index contributed by atoms with van der Waals surface area (Å²) < 4.78 is 0. The van der Waals surface area contributed by atoms with Crippen molar-refractivity contribution in [2.24, 2.45) is 0 Å². The molecule has 3 nitrogen and oxygen atoms in total. The third kappa shape index (κ3) is 3.47. The molecule has 0 spiro atoms. The van der Waals surface area contributed by atoms with Gasteiger partial charge in [-0.05, 0) is 30.0 Å². The molecule has 1 rings (SSSR count). The lowest BCUT2D eigenvalue weighted by Crippen LogP contribution is -2.10. The number of aliphatic hydroxyl groups is 1. The summed E-state index contributed by atoms with van der Waals surface area (Å²) >= 11 is 9.32. The maximum Gasteiger partial charge on any atom is 0.337 e. The molecule has 0 aliphatic carbocycles. The van der Waals surface area contributed by atoms with E-state index in [1.54, 1.807) is 12.1 Å². The molecule has 0 aliphatic rings. The lowest BCUT2D eigenvalue weighted by atomic mass is 10.0. The molecule has 0 saturated carbocycles. The third-order valence-electron chi connectivity index (χ3n) is 2.21. The van der Waals surface area contributed by atoms with Gasteiger partial charge in [0.2, 0.25) is 0 Å². The molecule has 2 N–H and O–H groups in total. The van der Waals surface area contributed by atoms with Gasteiger partial charge in [0.25, 0.3) is 0 Å². The van der Waals surface area contributed by atoms with Crippen LogP contribution in [0.15, 0.2) is 18.2 Å². The van der Waals surface area contributed by atoms with E-state index in [2.05, 4.69) is 15.9 Å². The van der Waals surface area contributed by atoms with Crippen LogP contribution in [0.5, 0.6) is 0 Å². The van der Waals surface area contributed by atoms with Gasteiger partial charge in [-0.25, -0.2) is 4.79 Å². The second-order valence-corrected chi connectivity index (χ2v) is 4.58. The zero-order valence-electron chi connectivity index (χ0n) is 8.49. The molecule has 1 aromatic rings. The lowest BCUT2D eigenvalue weighted by Gasteiger charge is -2.09. The molecule has 0 radical (unpaired) electrons. The smallest absolute Gasteiger partial charge is 0.337 e. The summed E-state index contributed by atoms with van der Waals surface area (Å²) in [6.45, 7) is 0. The minimum absolute atomic E-state index is 0.306. The van der Waals surface area contributed by atoms with Gasteiger partial charge in [0, 0.05) is 10.4 Å². The number of halogens is 2. The van der Waals surface area contributed by atoms with Gasteiger partial charge in [0.05, 0.1) is 0 Å². The van der Waals surface area contributed by atoms with E-state index in [1.165, 1.54) is 6.07 Å². The van der Waals surface area contributed by atoms with Gasteiger partial charge in [0.1, 0.15) is 0 Å². The van der Waals surface area contributed by atoms with E-state index in [1.807, 2.05) is 0 Å². The zero-order valence-corrected chi connectivity index (χ0v) is 10.8. The van der Waals surface area contributed by atoms with E-state index in [0.29, 0.717) is 10.6 Å². The van der Waals surface area contributed by atoms with E-state index in [0.717, 1.165) is 23.7 Å². The second-order valence-electron chi connectivity index (χ2n) is 3.38. The van der Waals surface area contributed by atoms with Crippen LogP contribution in [-0.4, -0.2) is 21.5 Å². The number of carboxylic acids is 1. The van der Waals surface area contributed by atoms with Crippen LogP contribution < -0.4 is 0 Å². The van der Waals surface area contributed by atoms with Crippen LogP contribution in [0.4, 0.5) is 0 Å². The molecule has 0 heterocycles. The highest BCUT2D eigenvalue weighted by Crippen LogP contribution is 2.23. The first-order chi connectivity index (χ1) is 7.56. The number of carboxylic acid groups (broad SMARTS) is 1. The Morgan fingerprint density at radius 1 is 1.50 bits per heavy atom. The number of carbonyl (C=O) groups is 1. The lowest BCUT2D eigenvalue weighted by molar-refractivity contribution is -0.146. The van der Waals surface area contributed by atoms with E-state index in [-0.39, 0.29) is 0 Å². The number of aliphatic carboxylic acids is 1. The van der Waals surface area contributed by atoms with Crippen molar-refractivity contribution in [1.82, 2.24) is 0 Å². The first kappa shape index (κ1) is 13.5. The number of rotatable bonds is 5. The summed E-state index contributed by atoms with van der Waals surface area (Å²) in [5, 5.41) is 19.4. The standard InChI is InChI=1S/C11H12BrClO3/c12-5-1-2-7-3-4-8(6-9(7)13)10(14)11(15)16/h3-4,6,10,14H,1-2,5H2,(H,15,16). The first-order valence-corrected chi connectivity index (χ1v) is 6.31. The van der Waals surface area contributed by atoms with Crippen LogP contribution in [0.3, 0.4) is 0 Å². The van der Waals surface area contributed by atoms with E-state index < -0.39 is 12.1 Å². The molecular formula is C11H12BrClO3. The zero-order chi connectivity index (χ0) is 12.1. The van der Waals surface area contributed by atoms with Gasteiger partial charge in [-0.3, -0.25) is 0 Å². The van der Waals surface area contributed by atoms with E-state index in [4.69, 9.17) is 16.7 Å². The Labute approximate surface area is 107 Å². The number of aryl methyl sites for hydroxylation is 1. The van der Waals surface area contributed by atoms with Crippen LogP contribution >= 0.6 is 27.5 Å². The molecule has 0 saturated heterocycles. The third-order valence-corrected chi connectivity index (χ3v) is 3.12. The average molecular weight is 308 g/mol. The average Bonchev–Trinajstić information content (AvgIpc) is 2.26. The summed E-state index contributed by atoms with van der Waals surface area (Å²) in [6, 6.07) is 4.85. The fourth-order valence-corrected chi connectivity index (χ4v) is 1.90. The minimum Gasteiger partial charge on any atom is -0.479 e. The predicted octanol–water partition coefficient (Wildman–Crippen LogP) is 2.79. The molecule has 0 aliphatic heterocycles. The Kier molecular flexibility index (Phi) is 5.25. The van der Waals surface area contributed by atoms with Crippen LogP contribution in [-0.2, 0) is 11.2 Å². The number of aliphatic hydroxyl groups excluding tert-OH is 1. The van der Waals surface area contributed by atoms with Crippen LogP contribution in [0.25, 0.3) is 0 Å². The molecular weight excluding hydrogens is 295 g/mol. The van der Waals surface area contributed by atoms with Crippen molar-refractivity contribution in [3.05, 3.63) is 34.3 Å². The number of hydrogen-bond donors (Lipinski definition) is 2. The number of hydrogen-bond acceptors (Lipinski definition) is 2. The van der Waals surface area contributed by atoms with Gasteiger partial charge in [-0.2, -0.15) is 0 Å². The van der Waals surface area contributed by atoms with Gasteiger partial charge in [-0.15, -0.1) is 0 Å². The second kappa shape index (κ2) is 6.23. The Bertz CT molecular complexity index is 381. The first-order valence-electron chi connectivity index (χ1n) is 4.81. The van der Waals surface area contributed by atoms with E-state index in [9.17, 15) is 9.90 Å². The van der Waals surface area contributed by atoms with Crippen LogP contribution in [0, 0.1) is 0 Å². The monoisotopic (exact) mass is 306 g/mol.